The number of carbonyl (C=O) groups excluding carboxylic acids is 1. The Kier molecular flexibility index (Phi) is 5.34. The zero-order chi connectivity index (χ0) is 17.6. The maximum atomic E-state index is 11.8. The SMILES string of the molecule is CC(C)C(=O)Oc1ccc(N(c2ccccc2)C2C=CC=CC2)cc1. The molecule has 2 aromatic carbocycles. The van der Waals surface area contributed by atoms with E-state index in [2.05, 4.69) is 41.3 Å². The van der Waals surface area contributed by atoms with Crippen LogP contribution in [-0.4, -0.2) is 12.0 Å². The van der Waals surface area contributed by atoms with Gasteiger partial charge in [0.2, 0.25) is 0 Å². The van der Waals surface area contributed by atoms with Crippen LogP contribution in [0.15, 0.2) is 78.9 Å². The van der Waals surface area contributed by atoms with E-state index < -0.39 is 0 Å². The molecule has 128 valence electrons. The summed E-state index contributed by atoms with van der Waals surface area (Å²) in [5.74, 6) is 0.224. The highest BCUT2D eigenvalue weighted by Crippen LogP contribution is 2.32. The predicted molar refractivity (Wildman–Crippen MR) is 102 cm³/mol. The Balaban J connectivity index is 1.87. The van der Waals surface area contributed by atoms with E-state index in [4.69, 9.17) is 4.74 Å². The van der Waals surface area contributed by atoms with E-state index in [9.17, 15) is 4.79 Å². The van der Waals surface area contributed by atoms with Crippen LogP contribution in [0.5, 0.6) is 5.75 Å². The highest BCUT2D eigenvalue weighted by molar-refractivity contribution is 5.74. The van der Waals surface area contributed by atoms with Crippen LogP contribution in [0.4, 0.5) is 11.4 Å². The molecule has 0 N–H and O–H groups in total. The zero-order valence-electron chi connectivity index (χ0n) is 14.6. The van der Waals surface area contributed by atoms with Gasteiger partial charge < -0.3 is 9.64 Å². The Morgan fingerprint density at radius 1 is 1.00 bits per heavy atom. The van der Waals surface area contributed by atoms with Gasteiger partial charge in [-0.15, -0.1) is 0 Å². The average Bonchev–Trinajstić information content (AvgIpc) is 2.65. The molecule has 0 fully saturated rings. The van der Waals surface area contributed by atoms with Gasteiger partial charge in [-0.3, -0.25) is 4.79 Å². The first-order valence-electron chi connectivity index (χ1n) is 8.64. The van der Waals surface area contributed by atoms with Gasteiger partial charge in [-0.25, -0.2) is 0 Å². The van der Waals surface area contributed by atoms with Crippen molar-refractivity contribution in [2.24, 2.45) is 5.92 Å². The number of hydrogen-bond donors (Lipinski definition) is 0. The number of benzene rings is 2. The first-order valence-corrected chi connectivity index (χ1v) is 8.64. The third-order valence-corrected chi connectivity index (χ3v) is 4.13. The Morgan fingerprint density at radius 3 is 2.28 bits per heavy atom. The molecule has 0 saturated heterocycles. The van der Waals surface area contributed by atoms with E-state index >= 15 is 0 Å². The molecule has 0 aliphatic heterocycles. The van der Waals surface area contributed by atoms with Crippen molar-refractivity contribution < 1.29 is 9.53 Å². The molecule has 0 amide bonds. The summed E-state index contributed by atoms with van der Waals surface area (Å²) in [6.45, 7) is 3.66. The third kappa shape index (κ3) is 4.18. The van der Waals surface area contributed by atoms with Gasteiger partial charge in [0.05, 0.1) is 12.0 Å². The lowest BCUT2D eigenvalue weighted by Crippen LogP contribution is -2.29. The molecule has 3 nitrogen and oxygen atoms in total. The van der Waals surface area contributed by atoms with Gasteiger partial charge in [0.1, 0.15) is 5.75 Å². The van der Waals surface area contributed by atoms with Crippen molar-refractivity contribution in [1.29, 1.82) is 0 Å². The summed E-state index contributed by atoms with van der Waals surface area (Å²) in [5.41, 5.74) is 2.21. The molecule has 1 atom stereocenters. The maximum absolute atomic E-state index is 11.8. The highest BCUT2D eigenvalue weighted by atomic mass is 16.5. The number of esters is 1. The molecule has 3 rings (SSSR count). The summed E-state index contributed by atoms with van der Waals surface area (Å²) in [6.07, 6.45) is 9.51. The summed E-state index contributed by atoms with van der Waals surface area (Å²) in [4.78, 5) is 14.1. The topological polar surface area (TPSA) is 29.5 Å². The number of allylic oxidation sites excluding steroid dienone is 2. The van der Waals surface area contributed by atoms with Crippen LogP contribution in [-0.2, 0) is 4.79 Å². The van der Waals surface area contributed by atoms with Gasteiger partial charge >= 0.3 is 5.97 Å². The predicted octanol–water partition coefficient (Wildman–Crippen LogP) is 5.27. The van der Waals surface area contributed by atoms with Gasteiger partial charge in [0.25, 0.3) is 0 Å². The summed E-state index contributed by atoms with van der Waals surface area (Å²) in [5, 5.41) is 0. The molecule has 1 unspecified atom stereocenters. The van der Waals surface area contributed by atoms with Crippen molar-refractivity contribution >= 4 is 17.3 Å². The first-order chi connectivity index (χ1) is 12.1. The minimum Gasteiger partial charge on any atom is -0.426 e. The lowest BCUT2D eigenvalue weighted by molar-refractivity contribution is -0.137. The van der Waals surface area contributed by atoms with Crippen LogP contribution in [0.1, 0.15) is 20.3 Å². The van der Waals surface area contributed by atoms with Crippen molar-refractivity contribution in [2.75, 3.05) is 4.90 Å². The molecule has 0 heterocycles. The monoisotopic (exact) mass is 333 g/mol. The Bertz CT molecular complexity index is 760. The van der Waals surface area contributed by atoms with Crippen LogP contribution in [0.2, 0.25) is 0 Å². The van der Waals surface area contributed by atoms with E-state index in [1.807, 2.05) is 56.3 Å². The van der Waals surface area contributed by atoms with Crippen LogP contribution in [0.3, 0.4) is 0 Å². The number of ether oxygens (including phenoxy) is 1. The maximum Gasteiger partial charge on any atom is 0.313 e. The fraction of sp³-hybridized carbons (Fsp3) is 0.227. The minimum absolute atomic E-state index is 0.139. The third-order valence-electron chi connectivity index (χ3n) is 4.13. The summed E-state index contributed by atoms with van der Waals surface area (Å²) < 4.78 is 5.38. The molecule has 25 heavy (non-hydrogen) atoms. The lowest BCUT2D eigenvalue weighted by atomic mass is 10.0. The molecule has 1 aliphatic rings. The fourth-order valence-corrected chi connectivity index (χ4v) is 2.79. The van der Waals surface area contributed by atoms with E-state index in [0.29, 0.717) is 5.75 Å². The van der Waals surface area contributed by atoms with Crippen molar-refractivity contribution in [2.45, 2.75) is 26.3 Å². The normalized spacial score (nSPS) is 16.0. The number of para-hydroxylation sites is 1. The van der Waals surface area contributed by atoms with Crippen molar-refractivity contribution in [1.82, 2.24) is 0 Å². The second-order valence-electron chi connectivity index (χ2n) is 6.39. The number of hydrogen-bond acceptors (Lipinski definition) is 3. The molecule has 2 aromatic rings. The highest BCUT2D eigenvalue weighted by Gasteiger charge is 2.19. The minimum atomic E-state index is -0.215. The van der Waals surface area contributed by atoms with Gasteiger partial charge in [-0.1, -0.05) is 56.4 Å². The number of nitrogens with zero attached hydrogens (tertiary/aromatic N) is 1. The molecule has 1 aliphatic carbocycles. The van der Waals surface area contributed by atoms with Gasteiger partial charge in [-0.2, -0.15) is 0 Å². The summed E-state index contributed by atoms with van der Waals surface area (Å²) in [6, 6.07) is 18.3. The van der Waals surface area contributed by atoms with E-state index in [1.165, 1.54) is 0 Å². The van der Waals surface area contributed by atoms with E-state index in [1.54, 1.807) is 0 Å². The largest absolute Gasteiger partial charge is 0.426 e. The van der Waals surface area contributed by atoms with Gasteiger partial charge in [-0.05, 0) is 42.8 Å². The second kappa shape index (κ2) is 7.84. The van der Waals surface area contributed by atoms with Gasteiger partial charge in [0, 0.05) is 11.4 Å². The molecular weight excluding hydrogens is 310 g/mol. The summed E-state index contributed by atoms with van der Waals surface area (Å²) in [7, 11) is 0. The number of anilines is 2. The average molecular weight is 333 g/mol. The molecule has 0 radical (unpaired) electrons. The van der Waals surface area contributed by atoms with Crippen molar-refractivity contribution in [3.8, 4) is 5.75 Å². The van der Waals surface area contributed by atoms with Crippen LogP contribution in [0, 0.1) is 5.92 Å². The number of rotatable bonds is 5. The quantitative estimate of drug-likeness (QED) is 0.551. The van der Waals surface area contributed by atoms with Crippen LogP contribution < -0.4 is 9.64 Å². The Labute approximate surface area is 149 Å². The standard InChI is InChI=1S/C22H23NO2/c1-17(2)22(24)25-21-15-13-20(14-16-21)23(18-9-5-3-6-10-18)19-11-7-4-8-12-19/h3-11,13-17,19H,12H2,1-2H3. The smallest absolute Gasteiger partial charge is 0.313 e. The van der Waals surface area contributed by atoms with Crippen molar-refractivity contribution in [3.63, 3.8) is 0 Å². The van der Waals surface area contributed by atoms with E-state index in [-0.39, 0.29) is 17.9 Å². The van der Waals surface area contributed by atoms with Crippen LogP contribution in [0.25, 0.3) is 0 Å². The molecule has 0 aromatic heterocycles. The van der Waals surface area contributed by atoms with Gasteiger partial charge in [0.15, 0.2) is 0 Å². The molecule has 0 spiro atoms. The molecule has 0 saturated carbocycles. The Hall–Kier alpha value is -2.81. The van der Waals surface area contributed by atoms with Crippen molar-refractivity contribution in [3.05, 3.63) is 78.9 Å². The van der Waals surface area contributed by atoms with Crippen LogP contribution >= 0.6 is 0 Å². The second-order valence-corrected chi connectivity index (χ2v) is 6.39. The lowest BCUT2D eigenvalue weighted by Gasteiger charge is -2.32. The fourth-order valence-electron chi connectivity index (χ4n) is 2.79. The van der Waals surface area contributed by atoms with E-state index in [0.717, 1.165) is 17.8 Å². The zero-order valence-corrected chi connectivity index (χ0v) is 14.6. The molecular formula is C22H23NO2. The first kappa shape index (κ1) is 17.0. The molecule has 3 heteroatoms. The molecule has 0 bridgehead atoms. The number of carbonyl (C=O) groups is 1. The Morgan fingerprint density at radius 2 is 1.68 bits per heavy atom. The summed E-state index contributed by atoms with van der Waals surface area (Å²) >= 11 is 0.